The van der Waals surface area contributed by atoms with Crippen molar-refractivity contribution in [2.24, 2.45) is 0 Å². The Morgan fingerprint density at radius 3 is 2.39 bits per heavy atom. The van der Waals surface area contributed by atoms with Crippen molar-refractivity contribution in [3.8, 4) is 0 Å². The summed E-state index contributed by atoms with van der Waals surface area (Å²) in [6.07, 6.45) is 5.12. The molecule has 1 spiro atoms. The fraction of sp³-hybridized carbons (Fsp3) is 0.333. The number of nitrogens with zero attached hydrogens (tertiary/aromatic N) is 3. The van der Waals surface area contributed by atoms with Crippen LogP contribution in [0.5, 0.6) is 0 Å². The molecule has 2 saturated heterocycles. The lowest BCUT2D eigenvalue weighted by Crippen LogP contribution is -2.57. The second-order valence-corrected chi connectivity index (χ2v) is 9.65. The number of hydrogen-bond acceptors (Lipinski definition) is 4. The van der Waals surface area contributed by atoms with E-state index in [4.69, 9.17) is 4.74 Å². The Labute approximate surface area is 212 Å². The van der Waals surface area contributed by atoms with E-state index in [1.165, 1.54) is 21.2 Å². The molecule has 2 aliphatic heterocycles. The SMILES string of the molecule is COCCN1C(=O)N(C/C=C/c2ccccc2)C(=O)C12CCN(Cc1ccc3ccccc3c1)CC2. The first kappa shape index (κ1) is 24.2. The molecule has 6 nitrogen and oxygen atoms in total. The van der Waals surface area contributed by atoms with Gasteiger partial charge in [0.1, 0.15) is 5.54 Å². The number of amides is 3. The smallest absolute Gasteiger partial charge is 0.328 e. The van der Waals surface area contributed by atoms with Gasteiger partial charge in [-0.3, -0.25) is 14.6 Å². The number of imide groups is 1. The van der Waals surface area contributed by atoms with E-state index in [0.29, 0.717) is 26.0 Å². The molecule has 0 aliphatic carbocycles. The number of carbonyl (C=O) groups is 2. The summed E-state index contributed by atoms with van der Waals surface area (Å²) in [5, 5.41) is 2.48. The molecule has 3 aromatic carbocycles. The van der Waals surface area contributed by atoms with Gasteiger partial charge in [-0.2, -0.15) is 0 Å². The summed E-state index contributed by atoms with van der Waals surface area (Å²) in [6.45, 7) is 3.48. The molecule has 2 heterocycles. The van der Waals surface area contributed by atoms with Crippen LogP contribution in [0.4, 0.5) is 4.79 Å². The van der Waals surface area contributed by atoms with Gasteiger partial charge in [-0.1, -0.05) is 78.9 Å². The van der Waals surface area contributed by atoms with E-state index in [1.54, 1.807) is 12.0 Å². The van der Waals surface area contributed by atoms with Crippen molar-refractivity contribution in [3.05, 3.63) is 90.0 Å². The number of fused-ring (bicyclic) bond motifs is 1. The van der Waals surface area contributed by atoms with Crippen molar-refractivity contribution in [2.75, 3.05) is 39.9 Å². The molecule has 3 amide bonds. The lowest BCUT2D eigenvalue weighted by molar-refractivity contribution is -0.135. The fourth-order valence-corrected chi connectivity index (χ4v) is 5.45. The number of carbonyl (C=O) groups excluding carboxylic acids is 2. The van der Waals surface area contributed by atoms with Crippen molar-refractivity contribution in [2.45, 2.75) is 24.9 Å². The van der Waals surface area contributed by atoms with Gasteiger partial charge >= 0.3 is 6.03 Å². The zero-order chi connectivity index (χ0) is 25.0. The van der Waals surface area contributed by atoms with Gasteiger partial charge in [0.05, 0.1) is 6.61 Å². The van der Waals surface area contributed by atoms with Gasteiger partial charge in [-0.15, -0.1) is 0 Å². The van der Waals surface area contributed by atoms with Gasteiger partial charge in [0.25, 0.3) is 5.91 Å². The molecular formula is C30H33N3O3. The fourth-order valence-electron chi connectivity index (χ4n) is 5.45. The molecule has 0 aromatic heterocycles. The van der Waals surface area contributed by atoms with E-state index in [-0.39, 0.29) is 18.5 Å². The van der Waals surface area contributed by atoms with Gasteiger partial charge in [0, 0.05) is 39.8 Å². The lowest BCUT2D eigenvalue weighted by atomic mass is 9.85. The van der Waals surface area contributed by atoms with Crippen LogP contribution in [-0.2, 0) is 16.1 Å². The zero-order valence-corrected chi connectivity index (χ0v) is 20.8. The van der Waals surface area contributed by atoms with E-state index in [1.807, 2.05) is 42.5 Å². The lowest BCUT2D eigenvalue weighted by Gasteiger charge is -2.42. The van der Waals surface area contributed by atoms with Crippen molar-refractivity contribution < 1.29 is 14.3 Å². The topological polar surface area (TPSA) is 53.1 Å². The maximum absolute atomic E-state index is 13.7. The standard InChI is InChI=1S/C30H33N3O3/c1-36-21-20-33-29(35)32(17-7-10-24-8-3-2-4-9-24)28(34)30(33)15-18-31(19-16-30)23-25-13-14-26-11-5-6-12-27(26)22-25/h2-14,22H,15-21,23H2,1H3/b10-7+. The van der Waals surface area contributed by atoms with Gasteiger partial charge < -0.3 is 9.64 Å². The second-order valence-electron chi connectivity index (χ2n) is 9.65. The molecule has 0 atom stereocenters. The average Bonchev–Trinajstić information content (AvgIpc) is 3.10. The Morgan fingerprint density at radius 1 is 0.917 bits per heavy atom. The van der Waals surface area contributed by atoms with E-state index in [9.17, 15) is 9.59 Å². The summed E-state index contributed by atoms with van der Waals surface area (Å²) in [6, 6.07) is 24.7. The maximum Gasteiger partial charge on any atom is 0.328 e. The predicted octanol–water partition coefficient (Wildman–Crippen LogP) is 4.80. The van der Waals surface area contributed by atoms with Crippen molar-refractivity contribution >= 4 is 28.8 Å². The maximum atomic E-state index is 13.7. The molecule has 186 valence electrons. The van der Waals surface area contributed by atoms with E-state index in [2.05, 4.69) is 47.4 Å². The minimum absolute atomic E-state index is 0.0772. The molecule has 6 heteroatoms. The highest BCUT2D eigenvalue weighted by Crippen LogP contribution is 2.37. The Kier molecular flexibility index (Phi) is 7.16. The number of urea groups is 1. The first-order valence-corrected chi connectivity index (χ1v) is 12.6. The molecule has 0 bridgehead atoms. The number of hydrogen-bond donors (Lipinski definition) is 0. The Hall–Kier alpha value is -3.48. The van der Waals surface area contributed by atoms with Crippen LogP contribution in [0.2, 0.25) is 0 Å². The quantitative estimate of drug-likeness (QED) is 0.432. The molecule has 36 heavy (non-hydrogen) atoms. The van der Waals surface area contributed by atoms with Crippen LogP contribution in [0, 0.1) is 0 Å². The minimum Gasteiger partial charge on any atom is -0.383 e. The van der Waals surface area contributed by atoms with Gasteiger partial charge in [-0.25, -0.2) is 4.79 Å². The summed E-state index contributed by atoms with van der Waals surface area (Å²) in [7, 11) is 1.63. The zero-order valence-electron chi connectivity index (χ0n) is 20.8. The van der Waals surface area contributed by atoms with Gasteiger partial charge in [-0.05, 0) is 40.8 Å². The molecule has 0 saturated carbocycles. The molecule has 5 rings (SSSR count). The van der Waals surface area contributed by atoms with Crippen LogP contribution in [0.15, 0.2) is 78.9 Å². The highest BCUT2D eigenvalue weighted by molar-refractivity contribution is 6.07. The highest BCUT2D eigenvalue weighted by atomic mass is 16.5. The summed E-state index contributed by atoms with van der Waals surface area (Å²) >= 11 is 0. The van der Waals surface area contributed by atoms with E-state index in [0.717, 1.165) is 25.2 Å². The van der Waals surface area contributed by atoms with Gasteiger partial charge in [0.15, 0.2) is 0 Å². The Bertz CT molecular complexity index is 1250. The molecule has 0 radical (unpaired) electrons. The monoisotopic (exact) mass is 483 g/mol. The minimum atomic E-state index is -0.782. The van der Waals surface area contributed by atoms with Crippen LogP contribution in [0.25, 0.3) is 16.8 Å². The summed E-state index contributed by atoms with van der Waals surface area (Å²) in [4.78, 5) is 32.6. The third-order valence-electron chi connectivity index (χ3n) is 7.44. The Balaban J connectivity index is 1.28. The molecule has 0 N–H and O–H groups in total. The van der Waals surface area contributed by atoms with Crippen molar-refractivity contribution in [1.82, 2.24) is 14.7 Å². The third kappa shape index (κ3) is 4.79. The predicted molar refractivity (Wildman–Crippen MR) is 142 cm³/mol. The third-order valence-corrected chi connectivity index (χ3v) is 7.44. The van der Waals surface area contributed by atoms with E-state index < -0.39 is 5.54 Å². The largest absolute Gasteiger partial charge is 0.383 e. The number of likely N-dealkylation sites (tertiary alicyclic amines) is 1. The van der Waals surface area contributed by atoms with Crippen molar-refractivity contribution in [3.63, 3.8) is 0 Å². The van der Waals surface area contributed by atoms with E-state index >= 15 is 0 Å². The molecular weight excluding hydrogens is 450 g/mol. The number of rotatable bonds is 8. The highest BCUT2D eigenvalue weighted by Gasteiger charge is 2.57. The number of piperidine rings is 1. The average molecular weight is 484 g/mol. The molecule has 3 aromatic rings. The van der Waals surface area contributed by atoms with Crippen LogP contribution < -0.4 is 0 Å². The first-order chi connectivity index (χ1) is 17.6. The number of methoxy groups -OCH3 is 1. The summed E-state index contributed by atoms with van der Waals surface area (Å²) < 4.78 is 5.28. The van der Waals surface area contributed by atoms with Crippen LogP contribution >= 0.6 is 0 Å². The number of benzene rings is 3. The van der Waals surface area contributed by atoms with Crippen LogP contribution in [0.3, 0.4) is 0 Å². The number of ether oxygens (including phenoxy) is 1. The van der Waals surface area contributed by atoms with Crippen LogP contribution in [-0.4, -0.2) is 72.1 Å². The molecule has 2 fully saturated rings. The first-order valence-electron chi connectivity index (χ1n) is 12.6. The second kappa shape index (κ2) is 10.6. The summed E-state index contributed by atoms with van der Waals surface area (Å²) in [5.74, 6) is -0.0772. The van der Waals surface area contributed by atoms with Crippen molar-refractivity contribution in [1.29, 1.82) is 0 Å². The van der Waals surface area contributed by atoms with Crippen LogP contribution in [0.1, 0.15) is 24.0 Å². The Morgan fingerprint density at radius 2 is 1.64 bits per heavy atom. The molecule has 2 aliphatic rings. The summed E-state index contributed by atoms with van der Waals surface area (Å²) in [5.41, 5.74) is 1.53. The normalized spacial score (nSPS) is 18.2. The molecule has 0 unspecified atom stereocenters. The van der Waals surface area contributed by atoms with Gasteiger partial charge in [0.2, 0.25) is 0 Å².